The molecule has 7 nitrogen and oxygen atoms in total. The summed E-state index contributed by atoms with van der Waals surface area (Å²) in [5, 5.41) is 2.17. The molecule has 2 heterocycles. The maximum absolute atomic E-state index is 14.7. The van der Waals surface area contributed by atoms with Crippen molar-refractivity contribution in [2.75, 3.05) is 13.2 Å². The summed E-state index contributed by atoms with van der Waals surface area (Å²) in [5.41, 5.74) is -0.707. The Balaban J connectivity index is 1.66. The molecule has 1 saturated heterocycles. The largest absolute Gasteiger partial charge is 0.484 e. The van der Waals surface area contributed by atoms with Crippen LogP contribution in [-0.2, 0) is 16.6 Å². The molecule has 2 aromatic rings. The number of hydrogen-bond donors (Lipinski definition) is 1. The number of benzene rings is 1. The van der Waals surface area contributed by atoms with Crippen molar-refractivity contribution in [3.8, 4) is 11.8 Å². The van der Waals surface area contributed by atoms with Crippen LogP contribution in [0.3, 0.4) is 0 Å². The maximum atomic E-state index is 14.7. The van der Waals surface area contributed by atoms with Gasteiger partial charge in [-0.25, -0.2) is 26.3 Å². The van der Waals surface area contributed by atoms with E-state index in [0.717, 1.165) is 11.5 Å². The number of imidazole rings is 1. The number of carbonyl (C=O) groups excluding carboxylic acids is 1. The second-order valence-corrected chi connectivity index (χ2v) is 8.18. The van der Waals surface area contributed by atoms with Crippen molar-refractivity contribution < 1.29 is 45.3 Å². The lowest BCUT2D eigenvalue weighted by atomic mass is 9.98. The molecule has 0 saturated carbocycles. The van der Waals surface area contributed by atoms with Gasteiger partial charge in [0.2, 0.25) is 5.91 Å². The molecule has 3 rings (SSSR count). The maximum Gasteiger partial charge on any atom is 0.297 e. The number of halogens is 6. The summed E-state index contributed by atoms with van der Waals surface area (Å²) >= 11 is 0. The molecule has 1 amide bonds. The molecule has 1 N–H and O–H groups in total. The van der Waals surface area contributed by atoms with Gasteiger partial charge in [0.15, 0.2) is 17.4 Å². The molecule has 0 aliphatic carbocycles. The minimum atomic E-state index is -3.18. The quantitative estimate of drug-likeness (QED) is 0.531. The zero-order valence-corrected chi connectivity index (χ0v) is 18.7. The Bertz CT molecular complexity index is 1020. The lowest BCUT2D eigenvalue weighted by Crippen LogP contribution is -2.47. The lowest BCUT2D eigenvalue weighted by molar-refractivity contribution is -0.130. The number of fused-ring (bicyclic) bond motifs is 1. The zero-order valence-electron chi connectivity index (χ0n) is 18.7. The number of ether oxygens (including phenoxy) is 3. The number of aromatic nitrogens is 2. The molecule has 0 spiro atoms. The molecule has 1 aromatic heterocycles. The number of amides is 1. The zero-order chi connectivity index (χ0) is 25.2. The first-order valence-corrected chi connectivity index (χ1v) is 10.6. The average molecular weight is 497 g/mol. The van der Waals surface area contributed by atoms with E-state index in [9.17, 15) is 31.1 Å². The molecule has 1 aliphatic heterocycles. The Labute approximate surface area is 191 Å². The van der Waals surface area contributed by atoms with Crippen LogP contribution < -0.4 is 14.8 Å². The predicted octanol–water partition coefficient (Wildman–Crippen LogP) is 3.97. The van der Waals surface area contributed by atoms with Crippen LogP contribution in [0.15, 0.2) is 6.07 Å². The van der Waals surface area contributed by atoms with E-state index >= 15 is 0 Å². The molecule has 0 radical (unpaired) electrons. The van der Waals surface area contributed by atoms with Gasteiger partial charge in [-0.05, 0) is 19.8 Å². The molecule has 1 aromatic carbocycles. The van der Waals surface area contributed by atoms with Gasteiger partial charge in [-0.3, -0.25) is 9.36 Å². The van der Waals surface area contributed by atoms with E-state index in [1.165, 1.54) is 14.0 Å². The van der Waals surface area contributed by atoms with E-state index in [0.29, 0.717) is 12.5 Å². The van der Waals surface area contributed by atoms with E-state index in [1.807, 2.05) is 0 Å². The number of aryl methyl sites for hydroxylation is 1. The number of rotatable bonds is 9. The highest BCUT2D eigenvalue weighted by atomic mass is 19.3. The van der Waals surface area contributed by atoms with Crippen LogP contribution >= 0.6 is 0 Å². The smallest absolute Gasteiger partial charge is 0.297 e. The van der Waals surface area contributed by atoms with E-state index in [4.69, 9.17) is 9.47 Å². The second kappa shape index (κ2) is 10.3. The molecule has 13 heteroatoms. The molecular formula is C21H25F6N3O4. The topological polar surface area (TPSA) is 74.6 Å². The van der Waals surface area contributed by atoms with E-state index in [2.05, 4.69) is 15.0 Å². The number of hydrogen-bond acceptors (Lipinski definition) is 5. The second-order valence-electron chi connectivity index (χ2n) is 8.18. The Morgan fingerprint density at radius 2 is 2.06 bits per heavy atom. The Hall–Kier alpha value is -2.70. The number of carbonyl (C=O) groups is 1. The molecule has 0 bridgehead atoms. The van der Waals surface area contributed by atoms with Gasteiger partial charge in [0, 0.05) is 26.5 Å². The van der Waals surface area contributed by atoms with Crippen LogP contribution in [0.4, 0.5) is 26.3 Å². The van der Waals surface area contributed by atoms with Crippen LogP contribution in [-0.4, -0.2) is 59.3 Å². The lowest BCUT2D eigenvalue weighted by Gasteiger charge is -2.33. The number of alkyl halides is 4. The Morgan fingerprint density at radius 3 is 2.65 bits per heavy atom. The molecule has 1 aliphatic rings. The molecule has 190 valence electrons. The Morgan fingerprint density at radius 1 is 1.35 bits per heavy atom. The third kappa shape index (κ3) is 5.86. The van der Waals surface area contributed by atoms with Crippen LogP contribution in [0.2, 0.25) is 0 Å². The van der Waals surface area contributed by atoms with Gasteiger partial charge in [0.25, 0.3) is 18.4 Å². The van der Waals surface area contributed by atoms with Crippen molar-refractivity contribution in [2.45, 2.75) is 63.7 Å². The summed E-state index contributed by atoms with van der Waals surface area (Å²) < 4.78 is 99.4. The summed E-state index contributed by atoms with van der Waals surface area (Å²) in [6, 6.07) is -0.884. The monoisotopic (exact) mass is 497 g/mol. The first-order chi connectivity index (χ1) is 15.9. The van der Waals surface area contributed by atoms with Crippen LogP contribution in [0, 0.1) is 11.6 Å². The molecule has 1 fully saturated rings. The third-order valence-corrected chi connectivity index (χ3v) is 5.48. The summed E-state index contributed by atoms with van der Waals surface area (Å²) in [6.45, 7) is 1.20. The molecule has 34 heavy (non-hydrogen) atoms. The fourth-order valence-corrected chi connectivity index (χ4v) is 3.70. The molecule has 3 atom stereocenters. The van der Waals surface area contributed by atoms with Crippen molar-refractivity contribution >= 4 is 16.9 Å². The molecule has 1 unspecified atom stereocenters. The van der Waals surface area contributed by atoms with Crippen LogP contribution in [0.25, 0.3) is 11.0 Å². The average Bonchev–Trinajstić information content (AvgIpc) is 3.07. The van der Waals surface area contributed by atoms with Gasteiger partial charge in [0.05, 0.1) is 18.8 Å². The number of nitrogens with one attached hydrogen (secondary N) is 1. The summed E-state index contributed by atoms with van der Waals surface area (Å²) in [6.07, 6.45) is -4.31. The highest BCUT2D eigenvalue weighted by molar-refractivity contribution is 5.80. The van der Waals surface area contributed by atoms with Crippen molar-refractivity contribution in [3.63, 3.8) is 0 Å². The highest BCUT2D eigenvalue weighted by Crippen LogP contribution is 2.34. The fraction of sp³-hybridized carbons (Fsp3) is 0.619. The van der Waals surface area contributed by atoms with Crippen molar-refractivity contribution in [2.24, 2.45) is 7.05 Å². The van der Waals surface area contributed by atoms with Crippen molar-refractivity contribution in [3.05, 3.63) is 17.7 Å². The van der Waals surface area contributed by atoms with Gasteiger partial charge < -0.3 is 19.5 Å². The summed E-state index contributed by atoms with van der Waals surface area (Å²) in [7, 11) is 1.35. The Kier molecular flexibility index (Phi) is 7.84. The highest BCUT2D eigenvalue weighted by Gasteiger charge is 2.41. The third-order valence-electron chi connectivity index (χ3n) is 5.48. The first-order valence-electron chi connectivity index (χ1n) is 10.6. The van der Waals surface area contributed by atoms with Gasteiger partial charge in [0.1, 0.15) is 23.7 Å². The van der Waals surface area contributed by atoms with Gasteiger partial charge in [-0.2, -0.15) is 4.98 Å². The van der Waals surface area contributed by atoms with Gasteiger partial charge in [-0.15, -0.1) is 0 Å². The SMILES string of the molecule is CC(=O)N[C@@H](C)C(F)(F)C[C@H]1CCC(Oc2nc3c(F)cc(OCC(F)F)c(F)c3n2C)CO1. The van der Waals surface area contributed by atoms with Crippen molar-refractivity contribution in [1.29, 1.82) is 0 Å². The molecular weight excluding hydrogens is 472 g/mol. The van der Waals surface area contributed by atoms with Crippen LogP contribution in [0.1, 0.15) is 33.1 Å². The van der Waals surface area contributed by atoms with E-state index < -0.39 is 66.9 Å². The van der Waals surface area contributed by atoms with E-state index in [-0.39, 0.29) is 30.1 Å². The summed E-state index contributed by atoms with van der Waals surface area (Å²) in [4.78, 5) is 15.0. The number of nitrogens with zero attached hydrogens (tertiary/aromatic N) is 2. The minimum absolute atomic E-state index is 0.0633. The first kappa shape index (κ1) is 25.9. The summed E-state index contributed by atoms with van der Waals surface area (Å²) in [5.74, 6) is -6.48. The van der Waals surface area contributed by atoms with Crippen LogP contribution in [0.5, 0.6) is 11.8 Å². The van der Waals surface area contributed by atoms with E-state index in [1.54, 1.807) is 0 Å². The standard InChI is InChI=1S/C21H25F6N3O4/c1-10(28-11(2)31)21(26,27)7-12-4-5-13(8-32-12)34-20-29-18-14(22)6-15(33-9-16(23)24)17(25)19(18)30(20)3/h6,10,12-13,16H,4-5,7-9H2,1-3H3,(H,28,31)/t10-,12+,13?/m0/s1. The predicted molar refractivity (Wildman–Crippen MR) is 108 cm³/mol. The van der Waals surface area contributed by atoms with Gasteiger partial charge in [-0.1, -0.05) is 0 Å². The van der Waals surface area contributed by atoms with Crippen molar-refractivity contribution in [1.82, 2.24) is 14.9 Å². The van der Waals surface area contributed by atoms with Gasteiger partial charge >= 0.3 is 0 Å². The minimum Gasteiger partial charge on any atom is -0.484 e. The fourth-order valence-electron chi connectivity index (χ4n) is 3.70. The normalized spacial score (nSPS) is 19.9.